The third-order valence-electron chi connectivity index (χ3n) is 5.48. The van der Waals surface area contributed by atoms with Crippen molar-refractivity contribution in [3.63, 3.8) is 0 Å². The van der Waals surface area contributed by atoms with Crippen LogP contribution in [0.5, 0.6) is 11.5 Å². The van der Waals surface area contributed by atoms with Gasteiger partial charge in [0, 0.05) is 35.1 Å². The van der Waals surface area contributed by atoms with Gasteiger partial charge in [-0.25, -0.2) is 0 Å². The van der Waals surface area contributed by atoms with Crippen LogP contribution in [0.15, 0.2) is 36.4 Å². The van der Waals surface area contributed by atoms with E-state index in [9.17, 15) is 9.59 Å². The molecule has 192 valence electrons. The van der Waals surface area contributed by atoms with Gasteiger partial charge in [-0.1, -0.05) is 49.2 Å². The molecule has 2 amide bonds. The summed E-state index contributed by atoms with van der Waals surface area (Å²) in [6.45, 7) is 11.3. The highest BCUT2D eigenvalue weighted by Crippen LogP contribution is 2.30. The smallest absolute Gasteiger partial charge is 0.242 e. The van der Waals surface area contributed by atoms with Gasteiger partial charge in [-0.2, -0.15) is 0 Å². The summed E-state index contributed by atoms with van der Waals surface area (Å²) in [6.07, 6.45) is 0.696. The molecule has 0 aliphatic rings. The summed E-state index contributed by atoms with van der Waals surface area (Å²) in [6, 6.07) is 10.2. The van der Waals surface area contributed by atoms with Crippen LogP contribution in [0.2, 0.25) is 10.0 Å². The molecule has 2 aromatic rings. The summed E-state index contributed by atoms with van der Waals surface area (Å²) in [5.74, 6) is 1.25. The monoisotopic (exact) mass is 522 g/mol. The number of nitrogens with one attached hydrogen (secondary N) is 1. The Morgan fingerprint density at radius 3 is 2.20 bits per heavy atom. The molecule has 1 N–H and O–H groups in total. The molecule has 0 spiro atoms. The summed E-state index contributed by atoms with van der Waals surface area (Å²) < 4.78 is 11.3. The van der Waals surface area contributed by atoms with Crippen LogP contribution in [0.1, 0.15) is 52.2 Å². The van der Waals surface area contributed by atoms with Gasteiger partial charge < -0.3 is 19.7 Å². The van der Waals surface area contributed by atoms with E-state index in [4.69, 9.17) is 32.7 Å². The van der Waals surface area contributed by atoms with Gasteiger partial charge in [0.2, 0.25) is 11.8 Å². The number of ether oxygens (including phenoxy) is 2. The van der Waals surface area contributed by atoms with Crippen LogP contribution in [-0.4, -0.2) is 42.5 Å². The van der Waals surface area contributed by atoms with Gasteiger partial charge in [-0.15, -0.1) is 0 Å². The fourth-order valence-corrected chi connectivity index (χ4v) is 4.05. The molecule has 0 saturated heterocycles. The maximum Gasteiger partial charge on any atom is 0.242 e. The molecule has 8 heteroatoms. The molecule has 0 bridgehead atoms. The summed E-state index contributed by atoms with van der Waals surface area (Å²) >= 11 is 12.8. The Labute approximate surface area is 218 Å². The molecular weight excluding hydrogens is 487 g/mol. The van der Waals surface area contributed by atoms with Crippen molar-refractivity contribution in [2.45, 2.75) is 60.0 Å². The van der Waals surface area contributed by atoms with Gasteiger partial charge >= 0.3 is 0 Å². The SMILES string of the molecule is CCOc1ccc(CCC(=O)N(Cc2c(Cl)cccc2Cl)[C@H](C)C(=O)NCC(C)C)cc1OCC. The minimum Gasteiger partial charge on any atom is -0.490 e. The lowest BCUT2D eigenvalue weighted by molar-refractivity contribution is -0.140. The maximum atomic E-state index is 13.4. The normalized spacial score (nSPS) is 11.8. The molecule has 1 atom stereocenters. The third-order valence-corrected chi connectivity index (χ3v) is 6.19. The summed E-state index contributed by atoms with van der Waals surface area (Å²) in [5, 5.41) is 3.83. The van der Waals surface area contributed by atoms with E-state index in [1.54, 1.807) is 30.0 Å². The van der Waals surface area contributed by atoms with Gasteiger partial charge in [-0.3, -0.25) is 9.59 Å². The zero-order chi connectivity index (χ0) is 26.0. The fourth-order valence-electron chi connectivity index (χ4n) is 3.53. The molecule has 6 nitrogen and oxygen atoms in total. The van der Waals surface area contributed by atoms with Crippen LogP contribution in [-0.2, 0) is 22.6 Å². The van der Waals surface area contributed by atoms with Gasteiger partial charge in [0.25, 0.3) is 0 Å². The van der Waals surface area contributed by atoms with Crippen molar-refractivity contribution >= 4 is 35.0 Å². The molecule has 0 fully saturated rings. The third kappa shape index (κ3) is 8.62. The lowest BCUT2D eigenvalue weighted by Gasteiger charge is -2.29. The van der Waals surface area contributed by atoms with Gasteiger partial charge in [-0.05, 0) is 62.9 Å². The van der Waals surface area contributed by atoms with Crippen molar-refractivity contribution in [1.82, 2.24) is 10.2 Å². The van der Waals surface area contributed by atoms with Crippen molar-refractivity contribution in [3.8, 4) is 11.5 Å². The molecule has 0 saturated carbocycles. The largest absolute Gasteiger partial charge is 0.490 e. The van der Waals surface area contributed by atoms with Crippen molar-refractivity contribution < 1.29 is 19.1 Å². The molecule has 2 rings (SSSR count). The number of aryl methyl sites for hydroxylation is 1. The van der Waals surface area contributed by atoms with E-state index in [1.807, 2.05) is 45.9 Å². The molecule has 0 heterocycles. The predicted octanol–water partition coefficient (Wildman–Crippen LogP) is 5.91. The predicted molar refractivity (Wildman–Crippen MR) is 141 cm³/mol. The topological polar surface area (TPSA) is 67.9 Å². The number of amides is 2. The highest BCUT2D eigenvalue weighted by atomic mass is 35.5. The molecule has 0 aliphatic carbocycles. The fraction of sp³-hybridized carbons (Fsp3) is 0.481. The minimum atomic E-state index is -0.687. The average Bonchev–Trinajstić information content (AvgIpc) is 2.82. The van der Waals surface area contributed by atoms with Crippen molar-refractivity contribution in [2.24, 2.45) is 5.92 Å². The molecule has 0 unspecified atom stereocenters. The van der Waals surface area contributed by atoms with Crippen LogP contribution in [0.3, 0.4) is 0 Å². The first kappa shape index (κ1) is 28.8. The summed E-state index contributed by atoms with van der Waals surface area (Å²) in [4.78, 5) is 27.8. The van der Waals surface area contributed by atoms with E-state index in [0.717, 1.165) is 5.56 Å². The number of hydrogen-bond acceptors (Lipinski definition) is 4. The zero-order valence-electron chi connectivity index (χ0n) is 21.2. The van der Waals surface area contributed by atoms with E-state index in [2.05, 4.69) is 5.32 Å². The quantitative estimate of drug-likeness (QED) is 0.354. The van der Waals surface area contributed by atoms with E-state index >= 15 is 0 Å². The lowest BCUT2D eigenvalue weighted by atomic mass is 10.1. The minimum absolute atomic E-state index is 0.140. The van der Waals surface area contributed by atoms with Crippen molar-refractivity contribution in [2.75, 3.05) is 19.8 Å². The maximum absolute atomic E-state index is 13.4. The second kappa shape index (κ2) is 14.2. The number of hydrogen-bond donors (Lipinski definition) is 1. The Bertz CT molecular complexity index is 977. The highest BCUT2D eigenvalue weighted by molar-refractivity contribution is 6.36. The molecule has 0 radical (unpaired) electrons. The first-order chi connectivity index (χ1) is 16.7. The second-order valence-electron chi connectivity index (χ2n) is 8.68. The molecular formula is C27H36Cl2N2O4. The van der Waals surface area contributed by atoms with Crippen molar-refractivity contribution in [3.05, 3.63) is 57.6 Å². The highest BCUT2D eigenvalue weighted by Gasteiger charge is 2.27. The number of nitrogens with zero attached hydrogens (tertiary/aromatic N) is 1. The standard InChI is InChI=1S/C27H36Cl2N2O4/c1-6-34-24-13-11-20(15-25(24)35-7-2)12-14-26(32)31(19(5)27(33)30-16-18(3)4)17-21-22(28)9-8-10-23(21)29/h8-11,13,15,18-19H,6-7,12,14,16-17H2,1-5H3,(H,30,33)/t19-/m1/s1. The van der Waals surface area contributed by atoms with E-state index in [0.29, 0.717) is 59.2 Å². The molecule has 0 aliphatic heterocycles. The van der Waals surface area contributed by atoms with Crippen LogP contribution in [0, 0.1) is 5.92 Å². The summed E-state index contributed by atoms with van der Waals surface area (Å²) in [7, 11) is 0. The van der Waals surface area contributed by atoms with Gasteiger partial charge in [0.05, 0.1) is 13.2 Å². The Balaban J connectivity index is 2.23. The number of benzene rings is 2. The number of rotatable bonds is 13. The van der Waals surface area contributed by atoms with Crippen LogP contribution >= 0.6 is 23.2 Å². The Morgan fingerprint density at radius 2 is 1.60 bits per heavy atom. The number of carbonyl (C=O) groups is 2. The van der Waals surface area contributed by atoms with E-state index in [1.165, 1.54) is 0 Å². The van der Waals surface area contributed by atoms with Crippen LogP contribution in [0.25, 0.3) is 0 Å². The first-order valence-corrected chi connectivity index (χ1v) is 12.8. The zero-order valence-corrected chi connectivity index (χ0v) is 22.7. The van der Waals surface area contributed by atoms with E-state index in [-0.39, 0.29) is 24.8 Å². The first-order valence-electron chi connectivity index (χ1n) is 12.1. The second-order valence-corrected chi connectivity index (χ2v) is 9.50. The van der Waals surface area contributed by atoms with E-state index < -0.39 is 6.04 Å². The molecule has 0 aromatic heterocycles. The number of carbonyl (C=O) groups excluding carboxylic acids is 2. The molecule has 35 heavy (non-hydrogen) atoms. The van der Waals surface area contributed by atoms with Crippen LogP contribution in [0.4, 0.5) is 0 Å². The Hall–Kier alpha value is -2.44. The average molecular weight is 524 g/mol. The lowest BCUT2D eigenvalue weighted by Crippen LogP contribution is -2.48. The molecule has 2 aromatic carbocycles. The summed E-state index contributed by atoms with van der Waals surface area (Å²) in [5.41, 5.74) is 1.56. The van der Waals surface area contributed by atoms with Crippen molar-refractivity contribution in [1.29, 1.82) is 0 Å². The van der Waals surface area contributed by atoms with Gasteiger partial charge in [0.1, 0.15) is 6.04 Å². The number of halogens is 2. The van der Waals surface area contributed by atoms with Crippen LogP contribution < -0.4 is 14.8 Å². The Morgan fingerprint density at radius 1 is 0.971 bits per heavy atom. The van der Waals surface area contributed by atoms with Gasteiger partial charge in [0.15, 0.2) is 11.5 Å². The Kier molecular flexibility index (Phi) is 11.7.